The summed E-state index contributed by atoms with van der Waals surface area (Å²) in [6.07, 6.45) is 2.35. The second kappa shape index (κ2) is 7.00. The molecule has 0 aliphatic rings. The molecule has 0 saturated heterocycles. The summed E-state index contributed by atoms with van der Waals surface area (Å²) in [6.45, 7) is 5.99. The molecule has 5 heteroatoms. The summed E-state index contributed by atoms with van der Waals surface area (Å²) in [6, 6.07) is 0. The summed E-state index contributed by atoms with van der Waals surface area (Å²) in [5.41, 5.74) is 1.01. The SMILES string of the molecule is CCNc1ncnc(OCCOC)c1CC. The first-order chi connectivity index (χ1) is 7.83. The van der Waals surface area contributed by atoms with Gasteiger partial charge in [0.05, 0.1) is 12.2 Å². The van der Waals surface area contributed by atoms with E-state index >= 15 is 0 Å². The molecule has 0 fully saturated rings. The third-order valence-electron chi connectivity index (χ3n) is 2.13. The molecule has 0 radical (unpaired) electrons. The number of nitrogens with one attached hydrogen (secondary N) is 1. The molecule has 1 aromatic rings. The zero-order valence-electron chi connectivity index (χ0n) is 10.1. The zero-order chi connectivity index (χ0) is 11.8. The topological polar surface area (TPSA) is 56.3 Å². The third kappa shape index (κ3) is 3.34. The van der Waals surface area contributed by atoms with Gasteiger partial charge in [-0.25, -0.2) is 9.97 Å². The summed E-state index contributed by atoms with van der Waals surface area (Å²) in [5.74, 6) is 1.50. The van der Waals surface area contributed by atoms with Crippen LogP contribution in [0.3, 0.4) is 0 Å². The van der Waals surface area contributed by atoms with Crippen LogP contribution in [0.2, 0.25) is 0 Å². The Hall–Kier alpha value is -1.36. The predicted molar refractivity (Wildman–Crippen MR) is 62.9 cm³/mol. The van der Waals surface area contributed by atoms with Crippen LogP contribution in [0.4, 0.5) is 5.82 Å². The van der Waals surface area contributed by atoms with Gasteiger partial charge in [0.15, 0.2) is 0 Å². The molecule has 0 amide bonds. The van der Waals surface area contributed by atoms with Gasteiger partial charge in [-0.2, -0.15) is 0 Å². The van der Waals surface area contributed by atoms with Crippen molar-refractivity contribution in [2.75, 3.05) is 32.2 Å². The van der Waals surface area contributed by atoms with Crippen molar-refractivity contribution in [1.82, 2.24) is 9.97 Å². The van der Waals surface area contributed by atoms with Crippen LogP contribution in [0.25, 0.3) is 0 Å². The molecule has 5 nitrogen and oxygen atoms in total. The molecule has 0 aromatic carbocycles. The van der Waals surface area contributed by atoms with E-state index in [1.54, 1.807) is 7.11 Å². The van der Waals surface area contributed by atoms with Crippen LogP contribution in [0.1, 0.15) is 19.4 Å². The number of anilines is 1. The van der Waals surface area contributed by atoms with Crippen LogP contribution in [0.15, 0.2) is 6.33 Å². The lowest BCUT2D eigenvalue weighted by Crippen LogP contribution is -2.10. The number of hydrogen-bond donors (Lipinski definition) is 1. The van der Waals surface area contributed by atoms with E-state index in [4.69, 9.17) is 9.47 Å². The van der Waals surface area contributed by atoms with E-state index in [2.05, 4.69) is 22.2 Å². The van der Waals surface area contributed by atoms with E-state index in [0.717, 1.165) is 24.3 Å². The van der Waals surface area contributed by atoms with Gasteiger partial charge < -0.3 is 14.8 Å². The van der Waals surface area contributed by atoms with Crippen LogP contribution in [0, 0.1) is 0 Å². The van der Waals surface area contributed by atoms with Gasteiger partial charge in [-0.1, -0.05) is 6.92 Å². The Morgan fingerprint density at radius 2 is 2.06 bits per heavy atom. The first-order valence-corrected chi connectivity index (χ1v) is 5.52. The smallest absolute Gasteiger partial charge is 0.221 e. The van der Waals surface area contributed by atoms with Crippen molar-refractivity contribution < 1.29 is 9.47 Å². The lowest BCUT2D eigenvalue weighted by molar-refractivity contribution is 0.143. The number of nitrogens with zero attached hydrogens (tertiary/aromatic N) is 2. The van der Waals surface area contributed by atoms with Crippen molar-refractivity contribution in [2.24, 2.45) is 0 Å². The molecule has 0 unspecified atom stereocenters. The molecular weight excluding hydrogens is 206 g/mol. The van der Waals surface area contributed by atoms with Crippen molar-refractivity contribution in [3.63, 3.8) is 0 Å². The summed E-state index contributed by atoms with van der Waals surface area (Å²) < 4.78 is 10.5. The van der Waals surface area contributed by atoms with Gasteiger partial charge in [0.2, 0.25) is 5.88 Å². The van der Waals surface area contributed by atoms with Crippen LogP contribution in [-0.4, -0.2) is 36.8 Å². The minimum Gasteiger partial charge on any atom is -0.475 e. The third-order valence-corrected chi connectivity index (χ3v) is 2.13. The fraction of sp³-hybridized carbons (Fsp3) is 0.636. The molecule has 1 aromatic heterocycles. The largest absolute Gasteiger partial charge is 0.475 e. The predicted octanol–water partition coefficient (Wildman–Crippen LogP) is 1.50. The van der Waals surface area contributed by atoms with Crippen LogP contribution < -0.4 is 10.1 Å². The second-order valence-corrected chi connectivity index (χ2v) is 3.23. The molecule has 90 valence electrons. The molecule has 1 rings (SSSR count). The molecular formula is C11H19N3O2. The summed E-state index contributed by atoms with van der Waals surface area (Å²) in [4.78, 5) is 8.33. The van der Waals surface area contributed by atoms with E-state index in [1.165, 1.54) is 6.33 Å². The van der Waals surface area contributed by atoms with Crippen molar-refractivity contribution >= 4 is 5.82 Å². The molecule has 1 heterocycles. The van der Waals surface area contributed by atoms with Gasteiger partial charge >= 0.3 is 0 Å². The van der Waals surface area contributed by atoms with Crippen molar-refractivity contribution in [2.45, 2.75) is 20.3 Å². The first kappa shape index (κ1) is 12.7. The maximum atomic E-state index is 5.54. The normalized spacial score (nSPS) is 10.2. The van der Waals surface area contributed by atoms with E-state index in [1.807, 2.05) is 6.92 Å². The lowest BCUT2D eigenvalue weighted by Gasteiger charge is -2.12. The Kier molecular flexibility index (Phi) is 5.56. The fourth-order valence-electron chi connectivity index (χ4n) is 1.38. The Morgan fingerprint density at radius 1 is 1.25 bits per heavy atom. The summed E-state index contributed by atoms with van der Waals surface area (Å²) in [5, 5.41) is 3.20. The average molecular weight is 225 g/mol. The first-order valence-electron chi connectivity index (χ1n) is 5.52. The van der Waals surface area contributed by atoms with Gasteiger partial charge in [-0.3, -0.25) is 0 Å². The highest BCUT2D eigenvalue weighted by Gasteiger charge is 2.09. The Balaban J connectivity index is 2.77. The number of ether oxygens (including phenoxy) is 2. The highest BCUT2D eigenvalue weighted by atomic mass is 16.5. The molecule has 0 aliphatic heterocycles. The number of aromatic nitrogens is 2. The number of rotatable bonds is 7. The molecule has 0 atom stereocenters. The minimum atomic E-state index is 0.506. The van der Waals surface area contributed by atoms with Crippen LogP contribution >= 0.6 is 0 Å². The highest BCUT2D eigenvalue weighted by Crippen LogP contribution is 2.22. The number of hydrogen-bond acceptors (Lipinski definition) is 5. The quantitative estimate of drug-likeness (QED) is 0.713. The van der Waals surface area contributed by atoms with Crippen molar-refractivity contribution in [3.8, 4) is 5.88 Å². The molecule has 0 spiro atoms. The minimum absolute atomic E-state index is 0.506. The zero-order valence-corrected chi connectivity index (χ0v) is 10.1. The maximum Gasteiger partial charge on any atom is 0.221 e. The van der Waals surface area contributed by atoms with E-state index < -0.39 is 0 Å². The second-order valence-electron chi connectivity index (χ2n) is 3.23. The van der Waals surface area contributed by atoms with Crippen molar-refractivity contribution in [3.05, 3.63) is 11.9 Å². The molecule has 0 aliphatic carbocycles. The lowest BCUT2D eigenvalue weighted by atomic mass is 10.2. The van der Waals surface area contributed by atoms with Gasteiger partial charge in [-0.15, -0.1) is 0 Å². The molecule has 0 saturated carbocycles. The molecule has 16 heavy (non-hydrogen) atoms. The fourth-order valence-corrected chi connectivity index (χ4v) is 1.38. The van der Waals surface area contributed by atoms with Gasteiger partial charge in [0.25, 0.3) is 0 Å². The Morgan fingerprint density at radius 3 is 2.69 bits per heavy atom. The van der Waals surface area contributed by atoms with E-state index in [9.17, 15) is 0 Å². The van der Waals surface area contributed by atoms with Crippen LogP contribution in [0.5, 0.6) is 5.88 Å². The van der Waals surface area contributed by atoms with Gasteiger partial charge in [0.1, 0.15) is 18.8 Å². The number of methoxy groups -OCH3 is 1. The summed E-state index contributed by atoms with van der Waals surface area (Å²) >= 11 is 0. The average Bonchev–Trinajstić information content (AvgIpc) is 2.30. The van der Waals surface area contributed by atoms with Gasteiger partial charge in [-0.05, 0) is 13.3 Å². The monoisotopic (exact) mass is 225 g/mol. The Bertz CT molecular complexity index is 318. The Labute approximate surface area is 96.2 Å². The van der Waals surface area contributed by atoms with Crippen LogP contribution in [-0.2, 0) is 11.2 Å². The molecule has 1 N–H and O–H groups in total. The maximum absolute atomic E-state index is 5.54. The summed E-state index contributed by atoms with van der Waals surface area (Å²) in [7, 11) is 1.65. The van der Waals surface area contributed by atoms with E-state index in [0.29, 0.717) is 19.1 Å². The van der Waals surface area contributed by atoms with Gasteiger partial charge in [0, 0.05) is 13.7 Å². The standard InChI is InChI=1S/C11H19N3O2/c1-4-9-10(12-5-2)13-8-14-11(9)16-7-6-15-3/h8H,4-7H2,1-3H3,(H,12,13,14). The molecule has 0 bridgehead atoms. The highest BCUT2D eigenvalue weighted by molar-refractivity contribution is 5.48. The van der Waals surface area contributed by atoms with Crippen molar-refractivity contribution in [1.29, 1.82) is 0 Å². The van der Waals surface area contributed by atoms with E-state index in [-0.39, 0.29) is 0 Å².